The third-order valence-corrected chi connectivity index (χ3v) is 2.57. The Bertz CT molecular complexity index is 190. The van der Waals surface area contributed by atoms with Gasteiger partial charge < -0.3 is 0 Å². The Morgan fingerprint density at radius 2 is 2.18 bits per heavy atom. The summed E-state index contributed by atoms with van der Waals surface area (Å²) in [5, 5.41) is 0. The molecule has 0 spiro atoms. The van der Waals surface area contributed by atoms with Crippen LogP contribution < -0.4 is 0 Å². The topological polar surface area (TPSA) is 0 Å². The third-order valence-electron chi connectivity index (χ3n) is 1.83. The van der Waals surface area contributed by atoms with Crippen LogP contribution >= 0.6 is 23.2 Å². The maximum absolute atomic E-state index is 5.98. The predicted octanol–water partition coefficient (Wildman–Crippen LogP) is 3.85. The van der Waals surface area contributed by atoms with E-state index >= 15 is 0 Å². The molecule has 0 N–H and O–H groups in total. The Kier molecular flexibility index (Phi) is 3.03. The maximum atomic E-state index is 5.98. The van der Waals surface area contributed by atoms with E-state index in [0.29, 0.717) is 0 Å². The number of unbranched alkanes of at least 4 members (excludes halogenated alkanes) is 1. The first-order valence-electron chi connectivity index (χ1n) is 3.93. The van der Waals surface area contributed by atoms with Crippen molar-refractivity contribution in [2.45, 2.75) is 30.5 Å². The second-order valence-electron chi connectivity index (χ2n) is 2.78. The monoisotopic (exact) mass is 190 g/mol. The van der Waals surface area contributed by atoms with Crippen LogP contribution in [0, 0.1) is 0 Å². The van der Waals surface area contributed by atoms with Gasteiger partial charge in [-0.1, -0.05) is 48.7 Å². The van der Waals surface area contributed by atoms with Crippen molar-refractivity contribution in [3.05, 3.63) is 23.8 Å². The molecule has 62 valence electrons. The summed E-state index contributed by atoms with van der Waals surface area (Å²) in [6.07, 6.45) is 9.11. The van der Waals surface area contributed by atoms with E-state index in [-0.39, 0.29) is 0 Å². The summed E-state index contributed by atoms with van der Waals surface area (Å²) in [5.41, 5.74) is 1.13. The normalized spacial score (nSPS) is 20.5. The molecular formula is C9H12Cl2. The van der Waals surface area contributed by atoms with Gasteiger partial charge in [-0.05, 0) is 24.5 Å². The minimum Gasteiger partial charge on any atom is -0.0919 e. The highest BCUT2D eigenvalue weighted by molar-refractivity contribution is 6.52. The molecule has 0 bridgehead atoms. The molecule has 0 saturated heterocycles. The van der Waals surface area contributed by atoms with Gasteiger partial charge in [0.05, 0.1) is 0 Å². The number of hydrogen-bond acceptors (Lipinski definition) is 0. The molecule has 0 unspecified atom stereocenters. The average molecular weight is 191 g/mol. The lowest BCUT2D eigenvalue weighted by Crippen LogP contribution is -2.09. The fourth-order valence-corrected chi connectivity index (χ4v) is 1.58. The molecular weight excluding hydrogens is 179 g/mol. The molecule has 0 amide bonds. The zero-order valence-electron chi connectivity index (χ0n) is 6.61. The maximum Gasteiger partial charge on any atom is 0.157 e. The van der Waals surface area contributed by atoms with Crippen molar-refractivity contribution < 1.29 is 0 Å². The molecule has 0 aromatic heterocycles. The quantitative estimate of drug-likeness (QED) is 0.594. The van der Waals surface area contributed by atoms with Crippen LogP contribution in [0.5, 0.6) is 0 Å². The van der Waals surface area contributed by atoms with E-state index in [1.54, 1.807) is 0 Å². The van der Waals surface area contributed by atoms with Crippen LogP contribution in [0.15, 0.2) is 23.8 Å². The Balaban J connectivity index is 2.48. The molecule has 2 heteroatoms. The highest BCUT2D eigenvalue weighted by Crippen LogP contribution is 2.38. The molecule has 0 fully saturated rings. The molecule has 0 nitrogen and oxygen atoms in total. The first kappa shape index (κ1) is 9.15. The minimum atomic E-state index is -0.713. The van der Waals surface area contributed by atoms with Gasteiger partial charge >= 0.3 is 0 Å². The Morgan fingerprint density at radius 1 is 1.45 bits per heavy atom. The number of hydrogen-bond donors (Lipinski definition) is 0. The first-order valence-corrected chi connectivity index (χ1v) is 4.69. The minimum absolute atomic E-state index is 0.713. The van der Waals surface area contributed by atoms with Gasteiger partial charge in [0.2, 0.25) is 0 Å². The molecule has 0 atom stereocenters. The van der Waals surface area contributed by atoms with Crippen LogP contribution in [0.25, 0.3) is 0 Å². The van der Waals surface area contributed by atoms with Crippen LogP contribution in [0.1, 0.15) is 26.2 Å². The number of alkyl halides is 2. The van der Waals surface area contributed by atoms with E-state index in [1.807, 2.05) is 18.2 Å². The van der Waals surface area contributed by atoms with Crippen LogP contribution in [-0.2, 0) is 0 Å². The standard InChI is InChI=1S/C9H12Cl2/c1-2-3-5-8-6-4-7-9(8,10)11/h4,6-7H,2-3,5H2,1H3. The van der Waals surface area contributed by atoms with Gasteiger partial charge in [0.15, 0.2) is 4.33 Å². The van der Waals surface area contributed by atoms with E-state index in [1.165, 1.54) is 6.42 Å². The Labute approximate surface area is 77.9 Å². The highest BCUT2D eigenvalue weighted by Gasteiger charge is 2.27. The summed E-state index contributed by atoms with van der Waals surface area (Å²) < 4.78 is -0.713. The molecule has 11 heavy (non-hydrogen) atoms. The second kappa shape index (κ2) is 3.64. The van der Waals surface area contributed by atoms with Gasteiger partial charge in [0, 0.05) is 0 Å². The van der Waals surface area contributed by atoms with Crippen molar-refractivity contribution in [1.29, 1.82) is 0 Å². The van der Waals surface area contributed by atoms with E-state index in [2.05, 4.69) is 6.92 Å². The van der Waals surface area contributed by atoms with Crippen LogP contribution in [-0.4, -0.2) is 4.33 Å². The van der Waals surface area contributed by atoms with E-state index < -0.39 is 4.33 Å². The fourth-order valence-electron chi connectivity index (χ4n) is 1.12. The van der Waals surface area contributed by atoms with Crippen LogP contribution in [0.3, 0.4) is 0 Å². The van der Waals surface area contributed by atoms with Crippen molar-refractivity contribution in [1.82, 2.24) is 0 Å². The van der Waals surface area contributed by atoms with E-state index in [4.69, 9.17) is 23.2 Å². The van der Waals surface area contributed by atoms with Gasteiger partial charge in [-0.15, -0.1) is 0 Å². The third kappa shape index (κ3) is 2.25. The van der Waals surface area contributed by atoms with Crippen LogP contribution in [0.4, 0.5) is 0 Å². The summed E-state index contributed by atoms with van der Waals surface area (Å²) >= 11 is 12.0. The zero-order valence-corrected chi connectivity index (χ0v) is 8.12. The molecule has 1 aliphatic rings. The van der Waals surface area contributed by atoms with Crippen molar-refractivity contribution in [2.24, 2.45) is 0 Å². The molecule has 0 aromatic carbocycles. The van der Waals surface area contributed by atoms with Crippen molar-refractivity contribution >= 4 is 23.2 Å². The van der Waals surface area contributed by atoms with E-state index in [0.717, 1.165) is 18.4 Å². The first-order chi connectivity index (χ1) is 5.17. The van der Waals surface area contributed by atoms with Gasteiger partial charge in [-0.3, -0.25) is 0 Å². The number of rotatable bonds is 3. The summed E-state index contributed by atoms with van der Waals surface area (Å²) in [4.78, 5) is 0. The number of halogens is 2. The molecule has 1 rings (SSSR count). The van der Waals surface area contributed by atoms with Gasteiger partial charge in [0.25, 0.3) is 0 Å². The van der Waals surface area contributed by atoms with Gasteiger partial charge in [-0.25, -0.2) is 0 Å². The fraction of sp³-hybridized carbons (Fsp3) is 0.556. The SMILES string of the molecule is CCCCC1=CC=CC1(Cl)Cl. The predicted molar refractivity (Wildman–Crippen MR) is 51.2 cm³/mol. The number of allylic oxidation sites excluding steroid dienone is 4. The zero-order chi connectivity index (χ0) is 8.32. The summed E-state index contributed by atoms with van der Waals surface area (Å²) in [6, 6.07) is 0. The lowest BCUT2D eigenvalue weighted by atomic mass is 10.1. The molecule has 1 aliphatic carbocycles. The molecule has 0 radical (unpaired) electrons. The van der Waals surface area contributed by atoms with Gasteiger partial charge in [0.1, 0.15) is 0 Å². The summed E-state index contributed by atoms with van der Waals surface area (Å²) in [5.74, 6) is 0. The Hall–Kier alpha value is 0.0600. The summed E-state index contributed by atoms with van der Waals surface area (Å²) in [7, 11) is 0. The molecule has 0 saturated carbocycles. The van der Waals surface area contributed by atoms with Crippen LogP contribution in [0.2, 0.25) is 0 Å². The summed E-state index contributed by atoms with van der Waals surface area (Å²) in [6.45, 7) is 2.16. The highest BCUT2D eigenvalue weighted by atomic mass is 35.5. The van der Waals surface area contributed by atoms with Crippen molar-refractivity contribution in [3.63, 3.8) is 0 Å². The lowest BCUT2D eigenvalue weighted by Gasteiger charge is -2.14. The molecule has 0 aromatic rings. The average Bonchev–Trinajstić information content (AvgIpc) is 2.25. The second-order valence-corrected chi connectivity index (χ2v) is 4.16. The van der Waals surface area contributed by atoms with Gasteiger partial charge in [-0.2, -0.15) is 0 Å². The largest absolute Gasteiger partial charge is 0.157 e. The van der Waals surface area contributed by atoms with Crippen molar-refractivity contribution in [2.75, 3.05) is 0 Å². The Morgan fingerprint density at radius 3 is 2.64 bits per heavy atom. The lowest BCUT2D eigenvalue weighted by molar-refractivity contribution is 0.771. The smallest absolute Gasteiger partial charge is 0.0919 e. The molecule has 0 heterocycles. The van der Waals surface area contributed by atoms with Crippen molar-refractivity contribution in [3.8, 4) is 0 Å². The van der Waals surface area contributed by atoms with E-state index in [9.17, 15) is 0 Å². The molecule has 0 aliphatic heterocycles.